The molecule has 372 valence electrons. The molecule has 4 aromatic carbocycles. The van der Waals surface area contributed by atoms with E-state index >= 15 is 4.79 Å². The molecule has 14 nitrogen and oxygen atoms in total. The summed E-state index contributed by atoms with van der Waals surface area (Å²) in [5, 5.41) is 36.5. The highest BCUT2D eigenvalue weighted by molar-refractivity contribution is 7.99. The van der Waals surface area contributed by atoms with Crippen LogP contribution in [0.3, 0.4) is 0 Å². The van der Waals surface area contributed by atoms with Gasteiger partial charge in [-0.3, -0.25) is 15.0 Å². The number of carbonyl (C=O) groups excluding carboxylic acids is 1. The number of nitrogens with zero attached hydrogens (tertiary/aromatic N) is 3. The van der Waals surface area contributed by atoms with Crippen molar-refractivity contribution in [1.82, 2.24) is 4.90 Å². The van der Waals surface area contributed by atoms with Gasteiger partial charge >= 0.3 is 6.09 Å². The predicted octanol–water partition coefficient (Wildman–Crippen LogP) is 10.8. The number of aliphatic hydroxyl groups is 2. The molecule has 4 aromatic rings. The second kappa shape index (κ2) is 24.4. The van der Waals surface area contributed by atoms with Crippen LogP contribution in [0.2, 0.25) is 0 Å². The van der Waals surface area contributed by atoms with E-state index in [9.17, 15) is 24.7 Å². The van der Waals surface area contributed by atoms with E-state index in [2.05, 4.69) is 30.9 Å². The molecule has 0 bridgehead atoms. The molecule has 0 radical (unpaired) electrons. The summed E-state index contributed by atoms with van der Waals surface area (Å²) in [5.41, 5.74) is 2.72. The number of oxime groups is 1. The summed E-state index contributed by atoms with van der Waals surface area (Å²) in [6, 6.07) is 26.1. The smallest absolute Gasteiger partial charge is 0.416 e. The quantitative estimate of drug-likeness (QED) is 0.0237. The fraction of sp³-hybridized carbons (Fsp3) is 0.444. The van der Waals surface area contributed by atoms with Crippen LogP contribution in [0, 0.1) is 33.7 Å². The molecule has 16 heteroatoms. The number of rotatable bonds is 23. The van der Waals surface area contributed by atoms with Gasteiger partial charge in [0.15, 0.2) is 0 Å². The summed E-state index contributed by atoms with van der Waals surface area (Å²) in [5.74, 6) is -1.09. The Kier molecular flexibility index (Phi) is 17.6. The van der Waals surface area contributed by atoms with Gasteiger partial charge in [-0.1, -0.05) is 60.5 Å². The number of carbonyl (C=O) groups is 1. The molecule has 1 unspecified atom stereocenters. The Bertz CT molecular complexity index is 2440. The number of nitro benzene ring substituents is 1. The second-order valence-corrected chi connectivity index (χ2v) is 19.2. The maximum absolute atomic E-state index is 15.1. The minimum atomic E-state index is -1.63. The van der Waals surface area contributed by atoms with Gasteiger partial charge in [0, 0.05) is 66.9 Å². The molecule has 1 saturated heterocycles. The Morgan fingerprint density at radius 1 is 0.971 bits per heavy atom. The SMILES string of the molecule is C=CCO[C@@]12Oc3ccc(OCCSc4ccccc4)cc3[C@H]3[C@H](CCCCO)[C@@H](CCCCO)C=C(C(=NOC4CCCCO4)C[C@@H]1N(Cc1ccc(F)cc1)C(=O)Oc1ccc([N+](=O)[O-])cc1)[C@H]32. The first kappa shape index (κ1) is 50.6. The zero-order valence-electron chi connectivity index (χ0n) is 39.3. The van der Waals surface area contributed by atoms with Gasteiger partial charge < -0.3 is 38.7 Å². The normalized spacial score (nSPS) is 24.0. The number of halogens is 1. The fourth-order valence-electron chi connectivity index (χ4n) is 10.4. The number of benzene rings is 4. The molecule has 2 aliphatic heterocycles. The number of aliphatic hydroxyl groups excluding tert-OH is 2. The number of allylic oxidation sites excluding steroid dienone is 1. The Balaban J connectivity index is 1.29. The zero-order chi connectivity index (χ0) is 48.9. The molecule has 1 amide bonds. The molecule has 2 aliphatic carbocycles. The first-order valence-electron chi connectivity index (χ1n) is 24.3. The van der Waals surface area contributed by atoms with Crippen LogP contribution in [0.25, 0.3) is 0 Å². The fourth-order valence-corrected chi connectivity index (χ4v) is 11.1. The lowest BCUT2D eigenvalue weighted by Crippen LogP contribution is -2.70. The minimum Gasteiger partial charge on any atom is -0.493 e. The van der Waals surface area contributed by atoms with Crippen LogP contribution in [-0.4, -0.2) is 88.7 Å². The van der Waals surface area contributed by atoms with Gasteiger partial charge in [0.1, 0.15) is 29.1 Å². The molecule has 2 heterocycles. The van der Waals surface area contributed by atoms with E-state index in [1.165, 1.54) is 41.3 Å². The number of unbranched alkanes of at least 4 members (excludes halogenated alkanes) is 2. The monoisotopic (exact) mass is 979 g/mol. The van der Waals surface area contributed by atoms with Crippen LogP contribution < -0.4 is 14.2 Å². The third-order valence-electron chi connectivity index (χ3n) is 13.6. The average molecular weight is 980 g/mol. The van der Waals surface area contributed by atoms with Crippen LogP contribution >= 0.6 is 11.8 Å². The molecule has 4 aliphatic rings. The van der Waals surface area contributed by atoms with E-state index in [1.54, 1.807) is 30.0 Å². The van der Waals surface area contributed by atoms with Gasteiger partial charge in [-0.05, 0) is 116 Å². The molecule has 0 spiro atoms. The van der Waals surface area contributed by atoms with Crippen LogP contribution in [-0.2, 0) is 20.9 Å². The lowest BCUT2D eigenvalue weighted by molar-refractivity contribution is -0.384. The minimum absolute atomic E-state index is 0.00787. The Morgan fingerprint density at radius 3 is 2.44 bits per heavy atom. The highest BCUT2D eigenvalue weighted by atomic mass is 32.2. The van der Waals surface area contributed by atoms with E-state index in [4.69, 9.17) is 33.7 Å². The standard InChI is InChI=1S/C54H62FN3O11S/c1-2-29-66-54-49(57(36-37-17-19-39(55)20-18-37)53(61)67-41-23-21-40(22-24-41)58(62)63)35-47(56-69-50-16-8-11-30-65-50)45-33-38(12-6-9-27-59)44(15-7-10-28-60)51(52(45)54)46-34-42(25-26-48(46)68-54)64-31-32-70-43-13-4-3-5-14-43/h2-5,13-14,17-26,33-34,38,44,49-52,59-60H,1,6-12,15-16,27-32,35-36H2/t38-,44+,49-,50?,51+,52+,54+/m0/s1. The van der Waals surface area contributed by atoms with Crippen molar-refractivity contribution in [3.63, 3.8) is 0 Å². The van der Waals surface area contributed by atoms with Gasteiger partial charge in [-0.25, -0.2) is 9.18 Å². The van der Waals surface area contributed by atoms with E-state index in [-0.39, 0.29) is 62.0 Å². The van der Waals surface area contributed by atoms with Gasteiger partial charge in [0.2, 0.25) is 12.1 Å². The van der Waals surface area contributed by atoms with Gasteiger partial charge in [0.25, 0.3) is 5.69 Å². The predicted molar refractivity (Wildman–Crippen MR) is 263 cm³/mol. The molecule has 1 saturated carbocycles. The number of non-ortho nitro benzene ring substituents is 1. The summed E-state index contributed by atoms with van der Waals surface area (Å²) in [6.45, 7) is 5.05. The number of amides is 1. The van der Waals surface area contributed by atoms with Crippen molar-refractivity contribution in [1.29, 1.82) is 0 Å². The van der Waals surface area contributed by atoms with Crippen molar-refractivity contribution in [2.75, 3.05) is 38.8 Å². The van der Waals surface area contributed by atoms with E-state index in [1.807, 2.05) is 30.3 Å². The second-order valence-electron chi connectivity index (χ2n) is 18.1. The molecule has 0 aromatic heterocycles. The maximum atomic E-state index is 15.1. The van der Waals surface area contributed by atoms with Crippen molar-refractivity contribution in [3.8, 4) is 17.2 Å². The van der Waals surface area contributed by atoms with Crippen LogP contribution in [0.4, 0.5) is 14.9 Å². The first-order valence-corrected chi connectivity index (χ1v) is 25.3. The number of ether oxygens (including phenoxy) is 5. The summed E-state index contributed by atoms with van der Waals surface area (Å²) in [4.78, 5) is 35.1. The molecule has 8 rings (SSSR count). The number of nitro groups is 1. The van der Waals surface area contributed by atoms with Gasteiger partial charge in [-0.2, -0.15) is 0 Å². The van der Waals surface area contributed by atoms with E-state index in [0.29, 0.717) is 55.3 Å². The van der Waals surface area contributed by atoms with Gasteiger partial charge in [0.05, 0.1) is 36.4 Å². The Morgan fingerprint density at radius 2 is 1.73 bits per heavy atom. The van der Waals surface area contributed by atoms with E-state index in [0.717, 1.165) is 60.3 Å². The highest BCUT2D eigenvalue weighted by Gasteiger charge is 2.66. The Labute approximate surface area is 412 Å². The van der Waals surface area contributed by atoms with Gasteiger partial charge in [-0.15, -0.1) is 18.3 Å². The Hall–Kier alpha value is -5.78. The van der Waals surface area contributed by atoms with Crippen molar-refractivity contribution in [3.05, 3.63) is 148 Å². The van der Waals surface area contributed by atoms with Crippen LogP contribution in [0.1, 0.15) is 81.3 Å². The lowest BCUT2D eigenvalue weighted by atomic mass is 9.55. The maximum Gasteiger partial charge on any atom is 0.416 e. The molecule has 7 atom stereocenters. The molecule has 2 fully saturated rings. The zero-order valence-corrected chi connectivity index (χ0v) is 40.1. The number of thioether (sulfide) groups is 1. The average Bonchev–Trinajstić information content (AvgIpc) is 3.38. The van der Waals surface area contributed by atoms with E-state index < -0.39 is 40.9 Å². The number of hydrogen-bond donors (Lipinski definition) is 2. The van der Waals surface area contributed by atoms with Crippen molar-refractivity contribution in [2.24, 2.45) is 22.9 Å². The van der Waals surface area contributed by atoms with Crippen LogP contribution in [0.15, 0.2) is 131 Å². The third kappa shape index (κ3) is 12.0. The molecule has 70 heavy (non-hydrogen) atoms. The highest BCUT2D eigenvalue weighted by Crippen LogP contribution is 2.62. The molecule has 2 N–H and O–H groups in total. The van der Waals surface area contributed by atoms with Crippen molar-refractivity contribution >= 4 is 29.3 Å². The van der Waals surface area contributed by atoms with Crippen LogP contribution in [0.5, 0.6) is 17.2 Å². The molecular weight excluding hydrogens is 918 g/mol. The topological polar surface area (TPSA) is 172 Å². The number of hydrogen-bond acceptors (Lipinski definition) is 13. The summed E-state index contributed by atoms with van der Waals surface area (Å²) in [7, 11) is 0. The summed E-state index contributed by atoms with van der Waals surface area (Å²) >= 11 is 1.71. The lowest BCUT2D eigenvalue weighted by Gasteiger charge is -2.59. The summed E-state index contributed by atoms with van der Waals surface area (Å²) < 4.78 is 47.6. The largest absolute Gasteiger partial charge is 0.493 e. The third-order valence-corrected chi connectivity index (χ3v) is 14.5. The first-order chi connectivity index (χ1) is 34.2. The van der Waals surface area contributed by atoms with Crippen molar-refractivity contribution in [2.45, 2.75) is 99.7 Å². The summed E-state index contributed by atoms with van der Waals surface area (Å²) in [6.07, 6.45) is 9.27. The number of fused-ring (bicyclic) bond motifs is 2. The van der Waals surface area contributed by atoms with Crippen molar-refractivity contribution < 1.29 is 52.8 Å². The molecular formula is C54H62FN3O11S.